The fourth-order valence-electron chi connectivity index (χ4n) is 4.29. The lowest BCUT2D eigenvalue weighted by atomic mass is 10.0. The Balaban J connectivity index is 1.63. The number of fused-ring (bicyclic) bond motifs is 1. The van der Waals surface area contributed by atoms with E-state index in [1.807, 2.05) is 4.90 Å². The lowest BCUT2D eigenvalue weighted by Crippen LogP contribution is -2.46. The average molecular weight is 583 g/mol. The second-order valence-electron chi connectivity index (χ2n) is 9.05. The molecule has 0 saturated carbocycles. The molecule has 2 atom stereocenters. The van der Waals surface area contributed by atoms with Gasteiger partial charge < -0.3 is 25.6 Å². The number of anilines is 2. The third-order valence-electron chi connectivity index (χ3n) is 6.21. The van der Waals surface area contributed by atoms with Crippen molar-refractivity contribution < 1.29 is 31.5 Å². The Kier molecular flexibility index (Phi) is 8.95. The molecule has 1 aliphatic heterocycles. The Morgan fingerprint density at radius 1 is 1.27 bits per heavy atom. The molecule has 1 aliphatic rings. The summed E-state index contributed by atoms with van der Waals surface area (Å²) in [5.74, 6) is 4.63. The van der Waals surface area contributed by atoms with Crippen molar-refractivity contribution >= 4 is 34.7 Å². The zero-order chi connectivity index (χ0) is 29.0. The number of carbonyl (C=O) groups is 1. The van der Waals surface area contributed by atoms with E-state index in [-0.39, 0.29) is 36.0 Å². The van der Waals surface area contributed by atoms with E-state index in [1.165, 1.54) is 20.2 Å². The van der Waals surface area contributed by atoms with Crippen LogP contribution in [-0.4, -0.2) is 78.8 Å². The number of hydrogen-bond acceptors (Lipinski definition) is 7. The van der Waals surface area contributed by atoms with Crippen LogP contribution in [0.3, 0.4) is 0 Å². The van der Waals surface area contributed by atoms with E-state index >= 15 is 0 Å². The number of ether oxygens (including phenoxy) is 1. The van der Waals surface area contributed by atoms with Gasteiger partial charge in [-0.05, 0) is 37.6 Å². The number of thioether (sulfide) groups is 1. The number of alkyl halides is 4. The Labute approximate surface area is 231 Å². The van der Waals surface area contributed by atoms with Gasteiger partial charge in [0.15, 0.2) is 5.65 Å². The molecule has 40 heavy (non-hydrogen) atoms. The van der Waals surface area contributed by atoms with Crippen LogP contribution in [0.1, 0.15) is 22.5 Å². The fourth-order valence-corrected chi connectivity index (χ4v) is 4.94. The molecule has 2 aromatic heterocycles. The van der Waals surface area contributed by atoms with E-state index in [0.29, 0.717) is 30.0 Å². The number of hydrogen-bond donors (Lipinski definition) is 3. The van der Waals surface area contributed by atoms with Gasteiger partial charge in [0, 0.05) is 49.7 Å². The molecule has 1 saturated heterocycles. The van der Waals surface area contributed by atoms with Crippen LogP contribution in [0.4, 0.5) is 33.3 Å². The first-order valence-electron chi connectivity index (χ1n) is 12.2. The van der Waals surface area contributed by atoms with Crippen molar-refractivity contribution in [3.8, 4) is 17.6 Å². The van der Waals surface area contributed by atoms with Gasteiger partial charge in [0.25, 0.3) is 5.91 Å². The van der Waals surface area contributed by atoms with Crippen LogP contribution in [0.15, 0.2) is 35.5 Å². The number of aromatic nitrogens is 2. The molecule has 1 aromatic carbocycles. The van der Waals surface area contributed by atoms with Crippen LogP contribution in [0.2, 0.25) is 0 Å². The van der Waals surface area contributed by atoms with E-state index in [2.05, 4.69) is 32.8 Å². The Morgan fingerprint density at radius 3 is 2.73 bits per heavy atom. The molecule has 0 bridgehead atoms. The second kappa shape index (κ2) is 12.2. The van der Waals surface area contributed by atoms with Crippen LogP contribution >= 0.6 is 11.8 Å². The number of halogens is 5. The first-order chi connectivity index (χ1) is 19.0. The normalized spacial score (nSPS) is 17.7. The fraction of sp³-hybridized carbons (Fsp3) is 0.385. The number of methoxy groups -OCH3 is 1. The number of carbonyl (C=O) groups excluding carboxylic acids is 1. The number of amides is 1. The molecular weight excluding hydrogens is 555 g/mol. The van der Waals surface area contributed by atoms with E-state index in [0.717, 1.165) is 16.7 Å². The number of pyridine rings is 1. The number of benzene rings is 1. The monoisotopic (exact) mass is 582 g/mol. The molecule has 3 N–H and O–H groups in total. The molecule has 14 heteroatoms. The summed E-state index contributed by atoms with van der Waals surface area (Å²) in [6.45, 7) is 0.782. The highest BCUT2D eigenvalue weighted by Gasteiger charge is 2.34. The summed E-state index contributed by atoms with van der Waals surface area (Å²) in [5, 5.41) is 8.03. The lowest BCUT2D eigenvalue weighted by molar-refractivity contribution is -0.0330. The number of imidazole rings is 1. The highest BCUT2D eigenvalue weighted by atomic mass is 32.2. The molecule has 1 amide bonds. The predicted molar refractivity (Wildman–Crippen MR) is 143 cm³/mol. The third kappa shape index (κ3) is 6.89. The van der Waals surface area contributed by atoms with Crippen LogP contribution < -0.4 is 20.7 Å². The molecule has 214 valence electrons. The molecule has 2 unspecified atom stereocenters. The van der Waals surface area contributed by atoms with Gasteiger partial charge in [-0.3, -0.25) is 9.20 Å². The van der Waals surface area contributed by atoms with Crippen LogP contribution in [0.25, 0.3) is 5.65 Å². The van der Waals surface area contributed by atoms with Gasteiger partial charge in [0.1, 0.15) is 28.5 Å². The molecule has 3 aromatic rings. The number of piperidine rings is 1. The average Bonchev–Trinajstić information content (AvgIpc) is 3.23. The van der Waals surface area contributed by atoms with Crippen molar-refractivity contribution in [3.63, 3.8) is 0 Å². The smallest absolute Gasteiger partial charge is 0.447 e. The minimum absolute atomic E-state index is 0.00172. The van der Waals surface area contributed by atoms with Gasteiger partial charge >= 0.3 is 5.51 Å². The van der Waals surface area contributed by atoms with Gasteiger partial charge in [0.2, 0.25) is 0 Å². The van der Waals surface area contributed by atoms with Crippen LogP contribution in [-0.2, 0) is 0 Å². The van der Waals surface area contributed by atoms with Crippen molar-refractivity contribution in [2.45, 2.75) is 29.2 Å². The molecule has 4 rings (SSSR count). The number of rotatable bonds is 7. The minimum Gasteiger partial charge on any atom is -0.495 e. The summed E-state index contributed by atoms with van der Waals surface area (Å²) in [7, 11) is 4.72. The summed E-state index contributed by atoms with van der Waals surface area (Å²) in [6.07, 6.45) is 0.0662. The van der Waals surface area contributed by atoms with Gasteiger partial charge in [0.05, 0.1) is 31.1 Å². The van der Waals surface area contributed by atoms with Crippen LogP contribution in [0.5, 0.6) is 5.75 Å². The van der Waals surface area contributed by atoms with Gasteiger partial charge in [-0.1, -0.05) is 5.92 Å². The largest absolute Gasteiger partial charge is 0.495 e. The summed E-state index contributed by atoms with van der Waals surface area (Å²) in [6, 6.07) is 5.16. The topological polar surface area (TPSA) is 82.9 Å². The van der Waals surface area contributed by atoms with Crippen LogP contribution in [0, 0.1) is 17.7 Å². The predicted octanol–water partition coefficient (Wildman–Crippen LogP) is 4.37. The SMILES string of the molecule is CNC(=O)c1ccc(NCC#Cc2nc3c(NC4CCN(C)CC4F)cc(F)cn3c2SC(F)(F)F)c(OC)c1. The Bertz CT molecular complexity index is 1450. The summed E-state index contributed by atoms with van der Waals surface area (Å²) in [4.78, 5) is 17.9. The summed E-state index contributed by atoms with van der Waals surface area (Å²) >= 11 is -0.461. The van der Waals surface area contributed by atoms with E-state index in [9.17, 15) is 26.7 Å². The molecule has 1 fully saturated rings. The quantitative estimate of drug-likeness (QED) is 0.217. The molecular formula is C26H27F5N6O2S. The molecule has 3 heterocycles. The van der Waals surface area contributed by atoms with Crippen molar-refractivity contribution in [2.24, 2.45) is 0 Å². The van der Waals surface area contributed by atoms with E-state index in [1.54, 1.807) is 19.2 Å². The molecule has 0 aliphatic carbocycles. The van der Waals surface area contributed by atoms with Gasteiger partial charge in [-0.15, -0.1) is 0 Å². The van der Waals surface area contributed by atoms with E-state index < -0.39 is 40.3 Å². The maximum atomic E-state index is 14.6. The summed E-state index contributed by atoms with van der Waals surface area (Å²) < 4.78 is 75.8. The highest BCUT2D eigenvalue weighted by Crippen LogP contribution is 2.40. The zero-order valence-electron chi connectivity index (χ0n) is 21.8. The second-order valence-corrected chi connectivity index (χ2v) is 10.1. The maximum absolute atomic E-state index is 14.6. The first kappa shape index (κ1) is 29.3. The highest BCUT2D eigenvalue weighted by molar-refractivity contribution is 8.00. The first-order valence-corrected chi connectivity index (χ1v) is 13.0. The Morgan fingerprint density at radius 2 is 2.05 bits per heavy atom. The standard InChI is InChI=1S/C26H27F5N6O2S/c1-32-24(38)15-6-7-19(22(11-15)39-3)33-9-4-5-20-25(40-26(29,30)31)37-13-16(27)12-21(23(37)35-20)34-18-8-10-36(2)14-17(18)28/h6-7,11-13,17-18,33-34H,8-10,14H2,1-3H3,(H,32,38). The summed E-state index contributed by atoms with van der Waals surface area (Å²) in [5.41, 5.74) is -3.93. The molecule has 0 spiro atoms. The molecule has 0 radical (unpaired) electrons. The number of nitrogens with one attached hydrogen (secondary N) is 3. The number of nitrogens with zero attached hydrogens (tertiary/aromatic N) is 3. The van der Waals surface area contributed by atoms with Crippen molar-refractivity contribution in [2.75, 3.05) is 51.5 Å². The van der Waals surface area contributed by atoms with E-state index in [4.69, 9.17) is 4.74 Å². The zero-order valence-corrected chi connectivity index (χ0v) is 22.6. The van der Waals surface area contributed by atoms with Crippen molar-refractivity contribution in [3.05, 3.63) is 47.5 Å². The third-order valence-corrected chi connectivity index (χ3v) is 7.02. The van der Waals surface area contributed by atoms with Gasteiger partial charge in [-0.2, -0.15) is 13.2 Å². The van der Waals surface area contributed by atoms with Crippen molar-refractivity contribution in [1.29, 1.82) is 0 Å². The minimum atomic E-state index is -4.69. The van der Waals surface area contributed by atoms with Crippen molar-refractivity contribution in [1.82, 2.24) is 19.6 Å². The maximum Gasteiger partial charge on any atom is 0.447 e. The lowest BCUT2D eigenvalue weighted by Gasteiger charge is -2.33. The Hall–Kier alpha value is -3.70. The number of likely N-dealkylation sites (tertiary alicyclic amines) is 1. The van der Waals surface area contributed by atoms with Gasteiger partial charge in [-0.25, -0.2) is 13.8 Å². The molecule has 8 nitrogen and oxygen atoms in total.